The first-order chi connectivity index (χ1) is 12.9. The van der Waals surface area contributed by atoms with E-state index in [1.54, 1.807) is 11.3 Å². The zero-order valence-corrected chi connectivity index (χ0v) is 16.5. The number of carbonyl (C=O) groups is 1. The maximum Gasteiger partial charge on any atom is 0.261 e. The van der Waals surface area contributed by atoms with Gasteiger partial charge >= 0.3 is 0 Å². The molecule has 2 saturated carbocycles. The fraction of sp³-hybridized carbons (Fsp3) is 0.750. The molecule has 0 aromatic carbocycles. The van der Waals surface area contributed by atoms with E-state index >= 15 is 0 Å². The summed E-state index contributed by atoms with van der Waals surface area (Å²) in [7, 11) is 0. The Morgan fingerprint density at radius 3 is 2.59 bits per heavy atom. The highest BCUT2D eigenvalue weighted by Crippen LogP contribution is 2.45. The summed E-state index contributed by atoms with van der Waals surface area (Å²) in [4.78, 5) is 14.5. The number of hydrogen-bond acceptors (Lipinski definition) is 4. The van der Waals surface area contributed by atoms with Crippen molar-refractivity contribution in [3.63, 3.8) is 0 Å². The van der Waals surface area contributed by atoms with Gasteiger partial charge in [0.05, 0.1) is 4.88 Å². The number of thiophene rings is 1. The molecule has 0 bridgehead atoms. The largest absolute Gasteiger partial charge is 0.381 e. The Bertz CT molecular complexity index is 678. The van der Waals surface area contributed by atoms with Gasteiger partial charge in [0.2, 0.25) is 5.92 Å². The molecule has 7 heteroatoms. The van der Waals surface area contributed by atoms with Gasteiger partial charge in [0, 0.05) is 55.0 Å². The second-order valence-electron chi connectivity index (χ2n) is 8.23. The molecule has 3 aliphatic rings. The Kier molecular flexibility index (Phi) is 5.54. The molecular weight excluding hydrogens is 370 g/mol. The summed E-state index contributed by atoms with van der Waals surface area (Å²) in [6.07, 6.45) is 3.88. The predicted octanol–water partition coefficient (Wildman–Crippen LogP) is 3.99. The van der Waals surface area contributed by atoms with Gasteiger partial charge in [-0.3, -0.25) is 4.79 Å². The van der Waals surface area contributed by atoms with Crippen molar-refractivity contribution in [1.82, 2.24) is 10.6 Å². The van der Waals surface area contributed by atoms with Gasteiger partial charge in [0.25, 0.3) is 5.91 Å². The first-order valence-corrected chi connectivity index (χ1v) is 10.9. The summed E-state index contributed by atoms with van der Waals surface area (Å²) in [5.41, 5.74) is 1.25. The van der Waals surface area contributed by atoms with Crippen LogP contribution in [0.15, 0.2) is 6.07 Å². The molecule has 1 aromatic heterocycles. The van der Waals surface area contributed by atoms with Gasteiger partial charge in [-0.25, -0.2) is 8.78 Å². The molecule has 1 saturated heterocycles. The number of aryl methyl sites for hydroxylation is 1. The van der Waals surface area contributed by atoms with Crippen LogP contribution < -0.4 is 10.6 Å². The molecule has 150 valence electrons. The van der Waals surface area contributed by atoms with E-state index in [9.17, 15) is 13.6 Å². The third-order valence-electron chi connectivity index (χ3n) is 6.09. The highest BCUT2D eigenvalue weighted by Gasteiger charge is 2.43. The van der Waals surface area contributed by atoms with Crippen LogP contribution in [0.2, 0.25) is 0 Å². The van der Waals surface area contributed by atoms with E-state index in [2.05, 4.69) is 17.6 Å². The van der Waals surface area contributed by atoms with E-state index in [0.29, 0.717) is 38.0 Å². The van der Waals surface area contributed by atoms with Crippen molar-refractivity contribution in [2.75, 3.05) is 13.2 Å². The van der Waals surface area contributed by atoms with E-state index in [1.807, 2.05) is 6.07 Å². The number of hydrogen-bond donors (Lipinski definition) is 2. The first-order valence-electron chi connectivity index (χ1n) is 10.0. The topological polar surface area (TPSA) is 50.4 Å². The first kappa shape index (κ1) is 19.3. The minimum atomic E-state index is -2.47. The van der Waals surface area contributed by atoms with Crippen molar-refractivity contribution >= 4 is 17.2 Å². The summed E-state index contributed by atoms with van der Waals surface area (Å²) in [6, 6.07) is 2.81. The van der Waals surface area contributed by atoms with Gasteiger partial charge in [0.15, 0.2) is 0 Å². The van der Waals surface area contributed by atoms with E-state index < -0.39 is 5.92 Å². The number of carbonyl (C=O) groups excluding carboxylic acids is 1. The van der Waals surface area contributed by atoms with Crippen LogP contribution in [0, 0.1) is 6.92 Å². The Labute approximate surface area is 163 Å². The molecule has 1 aromatic rings. The van der Waals surface area contributed by atoms with Gasteiger partial charge in [-0.15, -0.1) is 11.3 Å². The Morgan fingerprint density at radius 2 is 1.89 bits per heavy atom. The van der Waals surface area contributed by atoms with Crippen LogP contribution in [0.1, 0.15) is 71.0 Å². The quantitative estimate of drug-likeness (QED) is 0.789. The van der Waals surface area contributed by atoms with Crippen molar-refractivity contribution in [2.24, 2.45) is 0 Å². The van der Waals surface area contributed by atoms with Crippen LogP contribution in [0.3, 0.4) is 0 Å². The number of amides is 1. The molecule has 2 aliphatic carbocycles. The summed E-state index contributed by atoms with van der Waals surface area (Å²) in [5.74, 6) is -2.05. The number of rotatable bonds is 5. The average Bonchev–Trinajstić information content (AvgIpc) is 3.28. The van der Waals surface area contributed by atoms with E-state index in [0.717, 1.165) is 24.1 Å². The Hall–Kier alpha value is -1.05. The Morgan fingerprint density at radius 1 is 1.19 bits per heavy atom. The number of nitrogens with one attached hydrogen (secondary N) is 2. The third kappa shape index (κ3) is 4.69. The van der Waals surface area contributed by atoms with Crippen LogP contribution >= 0.6 is 11.3 Å². The van der Waals surface area contributed by atoms with Crippen LogP contribution in [-0.2, 0) is 4.74 Å². The molecule has 1 aliphatic heterocycles. The highest BCUT2D eigenvalue weighted by atomic mass is 32.1. The Balaban J connectivity index is 1.31. The van der Waals surface area contributed by atoms with Crippen molar-refractivity contribution in [2.45, 2.75) is 81.8 Å². The van der Waals surface area contributed by atoms with Crippen molar-refractivity contribution < 1.29 is 18.3 Å². The molecule has 2 heterocycles. The van der Waals surface area contributed by atoms with Crippen molar-refractivity contribution in [3.8, 4) is 0 Å². The lowest BCUT2D eigenvalue weighted by Crippen LogP contribution is -2.38. The maximum absolute atomic E-state index is 13.3. The molecule has 1 amide bonds. The lowest BCUT2D eigenvalue weighted by molar-refractivity contribution is -0.0405. The average molecular weight is 399 g/mol. The highest BCUT2D eigenvalue weighted by molar-refractivity contribution is 7.14. The zero-order chi connectivity index (χ0) is 19.0. The standard InChI is InChI=1S/C20H28F2N2O2S/c1-12-15(11-18(27-12)19(25)24-14-4-8-26-9-5-14)16-10-17(16)23-13-2-6-20(21,22)7-3-13/h11,13-14,16-17,23H,2-10H2,1H3,(H,24,25). The molecular formula is C20H28F2N2O2S. The number of ether oxygens (including phenoxy) is 1. The van der Waals surface area contributed by atoms with Gasteiger partial charge in [0.1, 0.15) is 0 Å². The summed E-state index contributed by atoms with van der Waals surface area (Å²) < 4.78 is 31.9. The van der Waals surface area contributed by atoms with Crippen molar-refractivity contribution in [1.29, 1.82) is 0 Å². The normalized spacial score (nSPS) is 28.9. The fourth-order valence-corrected chi connectivity index (χ4v) is 5.30. The van der Waals surface area contributed by atoms with Crippen LogP contribution in [0.4, 0.5) is 8.78 Å². The minimum absolute atomic E-state index is 0.00391. The SMILES string of the molecule is Cc1sc(C(=O)NC2CCOCC2)cc1C1CC1NC1CCC(F)(F)CC1. The van der Waals surface area contributed by atoms with Crippen molar-refractivity contribution in [3.05, 3.63) is 21.4 Å². The van der Waals surface area contributed by atoms with E-state index in [4.69, 9.17) is 4.74 Å². The smallest absolute Gasteiger partial charge is 0.261 e. The maximum atomic E-state index is 13.3. The molecule has 4 rings (SSSR count). The predicted molar refractivity (Wildman–Crippen MR) is 102 cm³/mol. The summed E-state index contributed by atoms with van der Waals surface area (Å²) in [6.45, 7) is 3.49. The fourth-order valence-electron chi connectivity index (χ4n) is 4.31. The summed E-state index contributed by atoms with van der Waals surface area (Å²) in [5, 5.41) is 6.69. The van der Waals surface area contributed by atoms with Gasteiger partial charge < -0.3 is 15.4 Å². The van der Waals surface area contributed by atoms with Gasteiger partial charge in [-0.2, -0.15) is 0 Å². The van der Waals surface area contributed by atoms with Crippen LogP contribution in [0.5, 0.6) is 0 Å². The van der Waals surface area contributed by atoms with Gasteiger partial charge in [-0.1, -0.05) is 0 Å². The molecule has 4 nitrogen and oxygen atoms in total. The summed E-state index contributed by atoms with van der Waals surface area (Å²) >= 11 is 1.56. The minimum Gasteiger partial charge on any atom is -0.381 e. The molecule has 2 atom stereocenters. The molecule has 3 fully saturated rings. The molecule has 0 spiro atoms. The molecule has 2 unspecified atom stereocenters. The zero-order valence-electron chi connectivity index (χ0n) is 15.7. The molecule has 2 N–H and O–H groups in total. The molecule has 0 radical (unpaired) electrons. The monoisotopic (exact) mass is 398 g/mol. The van der Waals surface area contributed by atoms with Crippen LogP contribution in [0.25, 0.3) is 0 Å². The van der Waals surface area contributed by atoms with E-state index in [-0.39, 0.29) is 30.8 Å². The third-order valence-corrected chi connectivity index (χ3v) is 7.16. The molecule has 27 heavy (non-hydrogen) atoms. The van der Waals surface area contributed by atoms with Gasteiger partial charge in [-0.05, 0) is 50.7 Å². The number of halogens is 2. The lowest BCUT2D eigenvalue weighted by atomic mass is 9.92. The lowest BCUT2D eigenvalue weighted by Gasteiger charge is -2.29. The van der Waals surface area contributed by atoms with Crippen LogP contribution in [-0.4, -0.2) is 43.2 Å². The second-order valence-corrected chi connectivity index (χ2v) is 9.48. The number of alkyl halides is 2. The second kappa shape index (κ2) is 7.76. The van der Waals surface area contributed by atoms with E-state index in [1.165, 1.54) is 10.4 Å².